The topological polar surface area (TPSA) is 45.8 Å². The number of aromatic nitrogens is 1. The van der Waals surface area contributed by atoms with E-state index < -0.39 is 0 Å². The van der Waals surface area contributed by atoms with Gasteiger partial charge in [0.2, 0.25) is 0 Å². The predicted octanol–water partition coefficient (Wildman–Crippen LogP) is 1.33. The highest BCUT2D eigenvalue weighted by Crippen LogP contribution is 2.15. The molecule has 12 heavy (non-hydrogen) atoms. The fourth-order valence-electron chi connectivity index (χ4n) is 0.913. The van der Waals surface area contributed by atoms with Crippen molar-refractivity contribution in [3.63, 3.8) is 0 Å². The Morgan fingerprint density at radius 1 is 1.67 bits per heavy atom. The highest BCUT2D eigenvalue weighted by atomic mass is 79.9. The standard InChI is InChI=1S/C8H7BrN2O/c1-5-6(3-10)8(12)11(2)4-7(5)9/h4H,1-2H3. The third kappa shape index (κ3) is 1.28. The van der Waals surface area contributed by atoms with Crippen LogP contribution in [-0.4, -0.2) is 4.57 Å². The molecule has 0 atom stereocenters. The largest absolute Gasteiger partial charge is 0.316 e. The minimum absolute atomic E-state index is 0.201. The van der Waals surface area contributed by atoms with Gasteiger partial charge in [0.05, 0.1) is 0 Å². The minimum atomic E-state index is -0.252. The van der Waals surface area contributed by atoms with Gasteiger partial charge in [-0.25, -0.2) is 0 Å². The Kier molecular flexibility index (Phi) is 2.34. The molecule has 1 rings (SSSR count). The molecule has 0 aliphatic carbocycles. The summed E-state index contributed by atoms with van der Waals surface area (Å²) in [5.74, 6) is 0. The zero-order valence-corrected chi connectivity index (χ0v) is 8.34. The third-order valence-corrected chi connectivity index (χ3v) is 2.49. The van der Waals surface area contributed by atoms with Crippen LogP contribution in [-0.2, 0) is 7.05 Å². The van der Waals surface area contributed by atoms with E-state index in [1.54, 1.807) is 20.2 Å². The maximum atomic E-state index is 11.3. The van der Waals surface area contributed by atoms with Crippen molar-refractivity contribution in [1.29, 1.82) is 5.26 Å². The van der Waals surface area contributed by atoms with Gasteiger partial charge < -0.3 is 4.57 Å². The molecule has 4 heteroatoms. The van der Waals surface area contributed by atoms with E-state index in [0.717, 1.165) is 4.47 Å². The Bertz CT molecular complexity index is 414. The summed E-state index contributed by atoms with van der Waals surface area (Å²) in [5, 5.41) is 8.66. The summed E-state index contributed by atoms with van der Waals surface area (Å²) in [5.41, 5.74) is 0.644. The second-order valence-electron chi connectivity index (χ2n) is 2.50. The molecule has 0 aliphatic heterocycles. The van der Waals surface area contributed by atoms with Gasteiger partial charge in [0.25, 0.3) is 5.56 Å². The summed E-state index contributed by atoms with van der Waals surface area (Å²) in [7, 11) is 1.62. The van der Waals surface area contributed by atoms with Crippen LogP contribution in [0.4, 0.5) is 0 Å². The molecule has 0 fully saturated rings. The number of rotatable bonds is 0. The summed E-state index contributed by atoms with van der Waals surface area (Å²) >= 11 is 3.26. The zero-order chi connectivity index (χ0) is 9.30. The molecule has 0 N–H and O–H groups in total. The van der Waals surface area contributed by atoms with Crippen molar-refractivity contribution >= 4 is 15.9 Å². The van der Waals surface area contributed by atoms with Gasteiger partial charge in [-0.15, -0.1) is 0 Å². The average molecular weight is 227 g/mol. The predicted molar refractivity (Wildman–Crippen MR) is 48.8 cm³/mol. The lowest BCUT2D eigenvalue weighted by Crippen LogP contribution is -2.20. The highest BCUT2D eigenvalue weighted by Gasteiger charge is 2.07. The quantitative estimate of drug-likeness (QED) is 0.671. The van der Waals surface area contributed by atoms with Crippen LogP contribution in [0.5, 0.6) is 0 Å². The van der Waals surface area contributed by atoms with Gasteiger partial charge in [0, 0.05) is 17.7 Å². The van der Waals surface area contributed by atoms with Crippen LogP contribution in [0, 0.1) is 18.3 Å². The van der Waals surface area contributed by atoms with Gasteiger partial charge >= 0.3 is 0 Å². The number of halogens is 1. The molecule has 1 aromatic heterocycles. The number of hydrogen-bond acceptors (Lipinski definition) is 2. The van der Waals surface area contributed by atoms with E-state index in [4.69, 9.17) is 5.26 Å². The van der Waals surface area contributed by atoms with Gasteiger partial charge in [0.1, 0.15) is 11.6 Å². The van der Waals surface area contributed by atoms with Gasteiger partial charge in [-0.2, -0.15) is 5.26 Å². The summed E-state index contributed by atoms with van der Waals surface area (Å²) in [6.07, 6.45) is 1.65. The summed E-state index contributed by atoms with van der Waals surface area (Å²) in [4.78, 5) is 11.3. The molecule has 0 aliphatic rings. The monoisotopic (exact) mass is 226 g/mol. The maximum Gasteiger partial charge on any atom is 0.268 e. The van der Waals surface area contributed by atoms with Gasteiger partial charge in [-0.3, -0.25) is 4.79 Å². The van der Waals surface area contributed by atoms with Crippen molar-refractivity contribution < 1.29 is 0 Å². The maximum absolute atomic E-state index is 11.3. The SMILES string of the molecule is Cc1c(Br)cn(C)c(=O)c1C#N. The Labute approximate surface area is 78.4 Å². The number of aryl methyl sites for hydroxylation is 1. The van der Waals surface area contributed by atoms with Crippen molar-refractivity contribution in [2.75, 3.05) is 0 Å². The van der Waals surface area contributed by atoms with Crippen LogP contribution in [0.15, 0.2) is 15.5 Å². The molecule has 0 radical (unpaired) electrons. The number of nitrogens with zero attached hydrogens (tertiary/aromatic N) is 2. The number of pyridine rings is 1. The molecule has 0 saturated carbocycles. The van der Waals surface area contributed by atoms with Crippen LogP contribution < -0.4 is 5.56 Å². The molecular formula is C8H7BrN2O. The lowest BCUT2D eigenvalue weighted by Gasteiger charge is -2.02. The normalized spacial score (nSPS) is 9.50. The Morgan fingerprint density at radius 2 is 2.25 bits per heavy atom. The van der Waals surface area contributed by atoms with Gasteiger partial charge in [0.15, 0.2) is 0 Å². The lowest BCUT2D eigenvalue weighted by atomic mass is 10.2. The molecule has 0 saturated heterocycles. The smallest absolute Gasteiger partial charge is 0.268 e. The molecule has 0 unspecified atom stereocenters. The summed E-state index contributed by atoms with van der Waals surface area (Å²) in [6.45, 7) is 1.74. The van der Waals surface area contributed by atoms with Crippen molar-refractivity contribution in [2.45, 2.75) is 6.92 Å². The van der Waals surface area contributed by atoms with E-state index in [1.165, 1.54) is 4.57 Å². The van der Waals surface area contributed by atoms with Crippen molar-refractivity contribution in [3.05, 3.63) is 32.2 Å². The van der Waals surface area contributed by atoms with Crippen molar-refractivity contribution in [3.8, 4) is 6.07 Å². The lowest BCUT2D eigenvalue weighted by molar-refractivity contribution is 0.845. The second-order valence-corrected chi connectivity index (χ2v) is 3.36. The van der Waals surface area contributed by atoms with E-state index in [9.17, 15) is 4.79 Å². The van der Waals surface area contributed by atoms with E-state index in [0.29, 0.717) is 5.56 Å². The van der Waals surface area contributed by atoms with Crippen LogP contribution in [0.3, 0.4) is 0 Å². The Hall–Kier alpha value is -1.08. The number of nitriles is 1. The first-order valence-corrected chi connectivity index (χ1v) is 4.13. The summed E-state index contributed by atoms with van der Waals surface area (Å²) < 4.78 is 2.16. The van der Waals surface area contributed by atoms with E-state index in [-0.39, 0.29) is 11.1 Å². The van der Waals surface area contributed by atoms with Crippen LogP contribution >= 0.6 is 15.9 Å². The molecular weight excluding hydrogens is 220 g/mol. The Morgan fingerprint density at radius 3 is 2.75 bits per heavy atom. The van der Waals surface area contributed by atoms with E-state index in [1.807, 2.05) is 6.07 Å². The molecule has 0 amide bonds. The highest BCUT2D eigenvalue weighted by molar-refractivity contribution is 9.10. The van der Waals surface area contributed by atoms with Crippen LogP contribution in [0.1, 0.15) is 11.1 Å². The first kappa shape index (κ1) is 9.01. The Balaban J connectivity index is 3.68. The van der Waals surface area contributed by atoms with E-state index in [2.05, 4.69) is 15.9 Å². The molecule has 0 aromatic carbocycles. The zero-order valence-electron chi connectivity index (χ0n) is 6.76. The van der Waals surface area contributed by atoms with Gasteiger partial charge in [-0.05, 0) is 28.4 Å². The van der Waals surface area contributed by atoms with Crippen molar-refractivity contribution in [2.24, 2.45) is 7.05 Å². The minimum Gasteiger partial charge on any atom is -0.316 e. The number of hydrogen-bond donors (Lipinski definition) is 0. The van der Waals surface area contributed by atoms with Gasteiger partial charge in [-0.1, -0.05) is 0 Å². The first-order valence-electron chi connectivity index (χ1n) is 3.33. The molecule has 62 valence electrons. The fourth-order valence-corrected chi connectivity index (χ4v) is 1.42. The van der Waals surface area contributed by atoms with Crippen LogP contribution in [0.25, 0.3) is 0 Å². The first-order chi connectivity index (χ1) is 5.57. The second kappa shape index (κ2) is 3.11. The molecule has 0 bridgehead atoms. The molecule has 1 heterocycles. The van der Waals surface area contributed by atoms with Crippen LogP contribution in [0.2, 0.25) is 0 Å². The van der Waals surface area contributed by atoms with Crippen molar-refractivity contribution in [1.82, 2.24) is 4.57 Å². The molecule has 1 aromatic rings. The molecule has 3 nitrogen and oxygen atoms in total. The van der Waals surface area contributed by atoms with E-state index >= 15 is 0 Å². The average Bonchev–Trinajstić information content (AvgIpc) is 2.02. The fraction of sp³-hybridized carbons (Fsp3) is 0.250. The summed E-state index contributed by atoms with van der Waals surface area (Å²) in [6, 6.07) is 1.88. The molecule has 0 spiro atoms. The third-order valence-electron chi connectivity index (χ3n) is 1.69.